The van der Waals surface area contributed by atoms with E-state index in [1.165, 1.54) is 0 Å². The minimum Gasteiger partial charge on any atom is -0.389 e. The Labute approximate surface area is 100 Å². The molecule has 2 fully saturated rings. The standard InChI is InChI=1S/C8H15NO6S2/c10-7-5-9(15-6-7)17(13,14)8-1-3-16(11,12)4-2-8/h7-8,10H,1-6H2. The van der Waals surface area contributed by atoms with Crippen molar-refractivity contribution in [2.24, 2.45) is 0 Å². The number of aliphatic hydroxyl groups is 1. The number of hydrogen-bond acceptors (Lipinski definition) is 6. The monoisotopic (exact) mass is 285 g/mol. The molecule has 1 unspecified atom stereocenters. The van der Waals surface area contributed by atoms with E-state index in [2.05, 4.69) is 0 Å². The molecule has 1 atom stereocenters. The molecule has 100 valence electrons. The van der Waals surface area contributed by atoms with E-state index in [-0.39, 0.29) is 37.5 Å². The third-order valence-electron chi connectivity index (χ3n) is 2.98. The largest absolute Gasteiger partial charge is 0.389 e. The predicted molar refractivity (Wildman–Crippen MR) is 59.3 cm³/mol. The van der Waals surface area contributed by atoms with Crippen molar-refractivity contribution in [1.82, 2.24) is 4.47 Å². The number of rotatable bonds is 2. The summed E-state index contributed by atoms with van der Waals surface area (Å²) in [5.74, 6) is -0.208. The van der Waals surface area contributed by atoms with Gasteiger partial charge >= 0.3 is 0 Å². The van der Waals surface area contributed by atoms with Crippen molar-refractivity contribution in [1.29, 1.82) is 0 Å². The van der Waals surface area contributed by atoms with Crippen LogP contribution in [0.15, 0.2) is 0 Å². The molecule has 0 saturated carbocycles. The average molecular weight is 285 g/mol. The van der Waals surface area contributed by atoms with Crippen LogP contribution in [-0.4, -0.2) is 62.4 Å². The van der Waals surface area contributed by atoms with Crippen LogP contribution < -0.4 is 0 Å². The molecule has 2 rings (SSSR count). The van der Waals surface area contributed by atoms with Crippen molar-refractivity contribution < 1.29 is 26.8 Å². The van der Waals surface area contributed by atoms with Gasteiger partial charge in [-0.2, -0.15) is 0 Å². The number of sulfonamides is 1. The van der Waals surface area contributed by atoms with Gasteiger partial charge < -0.3 is 5.11 Å². The van der Waals surface area contributed by atoms with Crippen molar-refractivity contribution in [3.8, 4) is 0 Å². The van der Waals surface area contributed by atoms with Gasteiger partial charge in [0.25, 0.3) is 0 Å². The number of aliphatic hydroxyl groups excluding tert-OH is 1. The van der Waals surface area contributed by atoms with Crippen LogP contribution in [0.2, 0.25) is 0 Å². The molecule has 0 spiro atoms. The van der Waals surface area contributed by atoms with Crippen LogP contribution in [0, 0.1) is 0 Å². The Bertz CT molecular complexity index is 470. The van der Waals surface area contributed by atoms with E-state index in [1.807, 2.05) is 0 Å². The van der Waals surface area contributed by atoms with E-state index in [0.717, 1.165) is 4.47 Å². The minimum absolute atomic E-state index is 0.0375. The number of nitrogens with zero attached hydrogens (tertiary/aromatic N) is 1. The highest BCUT2D eigenvalue weighted by Crippen LogP contribution is 2.24. The van der Waals surface area contributed by atoms with E-state index >= 15 is 0 Å². The quantitative estimate of drug-likeness (QED) is 0.663. The lowest BCUT2D eigenvalue weighted by Gasteiger charge is -2.25. The molecule has 7 nitrogen and oxygen atoms in total. The van der Waals surface area contributed by atoms with Crippen LogP contribution in [0.3, 0.4) is 0 Å². The van der Waals surface area contributed by atoms with Gasteiger partial charge in [-0.1, -0.05) is 4.47 Å². The molecule has 0 aromatic heterocycles. The van der Waals surface area contributed by atoms with Crippen LogP contribution in [-0.2, 0) is 24.7 Å². The highest BCUT2D eigenvalue weighted by atomic mass is 32.2. The normalized spacial score (nSPS) is 31.7. The molecule has 2 heterocycles. The Hall–Kier alpha value is -0.220. The van der Waals surface area contributed by atoms with E-state index in [9.17, 15) is 21.9 Å². The molecule has 2 aliphatic heterocycles. The van der Waals surface area contributed by atoms with E-state index in [1.54, 1.807) is 0 Å². The zero-order chi connectivity index (χ0) is 12.7. The molecular weight excluding hydrogens is 270 g/mol. The molecular formula is C8H15NO6S2. The van der Waals surface area contributed by atoms with Gasteiger partial charge in [-0.25, -0.2) is 16.8 Å². The van der Waals surface area contributed by atoms with Crippen LogP contribution >= 0.6 is 0 Å². The minimum atomic E-state index is -3.66. The van der Waals surface area contributed by atoms with Gasteiger partial charge in [-0.15, -0.1) is 0 Å². The third kappa shape index (κ3) is 2.79. The lowest BCUT2D eigenvalue weighted by Crippen LogP contribution is -2.41. The van der Waals surface area contributed by atoms with E-state index < -0.39 is 31.2 Å². The van der Waals surface area contributed by atoms with Crippen molar-refractivity contribution in [2.45, 2.75) is 24.2 Å². The summed E-state index contributed by atoms with van der Waals surface area (Å²) >= 11 is 0. The van der Waals surface area contributed by atoms with Crippen molar-refractivity contribution in [2.75, 3.05) is 24.7 Å². The van der Waals surface area contributed by atoms with Gasteiger partial charge in [0.1, 0.15) is 9.84 Å². The molecule has 1 N–H and O–H groups in total. The highest BCUT2D eigenvalue weighted by Gasteiger charge is 2.40. The second kappa shape index (κ2) is 4.47. The summed E-state index contributed by atoms with van der Waals surface area (Å²) in [6.07, 6.45) is -0.613. The number of sulfone groups is 1. The lowest BCUT2D eigenvalue weighted by molar-refractivity contribution is -0.0326. The third-order valence-corrected chi connectivity index (χ3v) is 6.83. The van der Waals surface area contributed by atoms with Crippen LogP contribution in [0.1, 0.15) is 12.8 Å². The van der Waals surface area contributed by atoms with E-state index in [4.69, 9.17) is 4.84 Å². The summed E-state index contributed by atoms with van der Waals surface area (Å²) < 4.78 is 47.3. The van der Waals surface area contributed by atoms with Crippen molar-refractivity contribution >= 4 is 19.9 Å². The number of hydrogen-bond donors (Lipinski definition) is 1. The van der Waals surface area contributed by atoms with Gasteiger partial charge in [-0.05, 0) is 12.8 Å². The van der Waals surface area contributed by atoms with Gasteiger partial charge in [0.15, 0.2) is 0 Å². The Morgan fingerprint density at radius 1 is 1.24 bits per heavy atom. The number of hydroxylamine groups is 1. The zero-order valence-corrected chi connectivity index (χ0v) is 10.8. The van der Waals surface area contributed by atoms with E-state index in [0.29, 0.717) is 0 Å². The molecule has 0 aliphatic carbocycles. The Kier molecular flexibility index (Phi) is 3.47. The van der Waals surface area contributed by atoms with Gasteiger partial charge in [0.2, 0.25) is 10.0 Å². The Morgan fingerprint density at radius 3 is 2.29 bits per heavy atom. The first-order valence-corrected chi connectivity index (χ1v) is 8.67. The summed E-state index contributed by atoms with van der Waals surface area (Å²) in [4.78, 5) is 4.88. The summed E-state index contributed by atoms with van der Waals surface area (Å²) in [6, 6.07) is 0. The molecule has 2 aliphatic rings. The maximum Gasteiger partial charge on any atom is 0.239 e. The number of β-amino-alcohol motifs (C(OH)–C–C–N with tert-alkyl or cyclic N) is 1. The SMILES string of the molecule is O=S1(=O)CCC(S(=O)(=O)N2CC(O)CO2)CC1. The van der Waals surface area contributed by atoms with Gasteiger partial charge in [0, 0.05) is 0 Å². The second-order valence-corrected chi connectivity index (χ2v) is 8.74. The van der Waals surface area contributed by atoms with Crippen molar-refractivity contribution in [3.63, 3.8) is 0 Å². The smallest absolute Gasteiger partial charge is 0.239 e. The summed E-state index contributed by atoms with van der Waals surface area (Å²) in [6.45, 7) is -0.115. The summed E-state index contributed by atoms with van der Waals surface area (Å²) in [5.41, 5.74) is 0. The summed E-state index contributed by atoms with van der Waals surface area (Å²) in [5, 5.41) is 8.49. The maximum atomic E-state index is 12.0. The van der Waals surface area contributed by atoms with Crippen LogP contribution in [0.25, 0.3) is 0 Å². The van der Waals surface area contributed by atoms with Crippen LogP contribution in [0.4, 0.5) is 0 Å². The molecule has 0 radical (unpaired) electrons. The van der Waals surface area contributed by atoms with Crippen molar-refractivity contribution in [3.05, 3.63) is 0 Å². The Balaban J connectivity index is 2.07. The fourth-order valence-electron chi connectivity index (χ4n) is 1.96. The first-order valence-electron chi connectivity index (χ1n) is 5.34. The van der Waals surface area contributed by atoms with Crippen LogP contribution in [0.5, 0.6) is 0 Å². The molecule has 17 heavy (non-hydrogen) atoms. The fraction of sp³-hybridized carbons (Fsp3) is 1.00. The van der Waals surface area contributed by atoms with Gasteiger partial charge in [-0.3, -0.25) is 4.84 Å². The second-order valence-electron chi connectivity index (χ2n) is 4.33. The molecule has 0 aromatic rings. The Morgan fingerprint density at radius 2 is 1.82 bits per heavy atom. The first kappa shape index (κ1) is 13.2. The maximum absolute atomic E-state index is 12.0. The molecule has 2 saturated heterocycles. The molecule has 0 amide bonds. The first-order chi connectivity index (χ1) is 7.81. The zero-order valence-electron chi connectivity index (χ0n) is 9.15. The summed E-state index contributed by atoms with van der Waals surface area (Å²) in [7, 11) is -6.74. The molecule has 9 heteroatoms. The lowest BCUT2D eigenvalue weighted by atomic mass is 10.2. The fourth-order valence-corrected chi connectivity index (χ4v) is 5.50. The predicted octanol–water partition coefficient (Wildman–Crippen LogP) is -1.50. The average Bonchev–Trinajstić information content (AvgIpc) is 2.65. The highest BCUT2D eigenvalue weighted by molar-refractivity contribution is 7.92. The molecule has 0 bridgehead atoms. The van der Waals surface area contributed by atoms with Gasteiger partial charge in [0.05, 0.1) is 36.0 Å². The molecule has 0 aromatic carbocycles. The topological polar surface area (TPSA) is 101 Å².